The smallest absolute Gasteiger partial charge is 0.126 e. The van der Waals surface area contributed by atoms with Gasteiger partial charge in [0, 0.05) is 0 Å². The molecule has 1 aromatic carbocycles. The van der Waals surface area contributed by atoms with Crippen molar-refractivity contribution in [2.45, 2.75) is 46.6 Å². The lowest BCUT2D eigenvalue weighted by Gasteiger charge is -2.15. The van der Waals surface area contributed by atoms with Gasteiger partial charge in [-0.2, -0.15) is 0 Å². The lowest BCUT2D eigenvalue weighted by Crippen LogP contribution is -2.16. The third-order valence-corrected chi connectivity index (χ3v) is 3.02. The normalized spacial score (nSPS) is 13.2. The molecule has 0 bridgehead atoms. The van der Waals surface area contributed by atoms with Crippen molar-refractivity contribution in [1.29, 1.82) is 0 Å². The topological polar surface area (TPSA) is 20.2 Å². The largest absolute Gasteiger partial charge is 0.393 e. The van der Waals surface area contributed by atoms with Crippen molar-refractivity contribution < 1.29 is 9.50 Å². The summed E-state index contributed by atoms with van der Waals surface area (Å²) in [5, 5.41) is 9.70. The monoisotopic (exact) mass is 224 g/mol. The van der Waals surface area contributed by atoms with E-state index in [1.165, 1.54) is 0 Å². The lowest BCUT2D eigenvalue weighted by atomic mass is 9.96. The number of rotatable bonds is 4. The molecule has 1 atom stereocenters. The van der Waals surface area contributed by atoms with Crippen LogP contribution in [0.15, 0.2) is 12.1 Å². The van der Waals surface area contributed by atoms with Gasteiger partial charge in [0.25, 0.3) is 0 Å². The van der Waals surface area contributed by atoms with Crippen molar-refractivity contribution in [2.24, 2.45) is 5.92 Å². The first-order chi connectivity index (χ1) is 7.41. The van der Waals surface area contributed by atoms with Crippen LogP contribution in [0, 0.1) is 25.6 Å². The van der Waals surface area contributed by atoms with Crippen molar-refractivity contribution in [1.82, 2.24) is 0 Å². The number of benzene rings is 1. The SMILES string of the molecule is Cc1cc(C)c(CCC(O)C(C)C)c(F)c1. The Labute approximate surface area is 97.3 Å². The summed E-state index contributed by atoms with van der Waals surface area (Å²) in [5.41, 5.74) is 2.67. The fourth-order valence-corrected chi connectivity index (χ4v) is 1.89. The van der Waals surface area contributed by atoms with Crippen molar-refractivity contribution in [3.63, 3.8) is 0 Å². The molecule has 0 aliphatic rings. The zero-order chi connectivity index (χ0) is 12.3. The van der Waals surface area contributed by atoms with Crippen LogP contribution in [-0.2, 0) is 6.42 Å². The third kappa shape index (κ3) is 3.31. The first kappa shape index (κ1) is 13.2. The molecule has 0 saturated carbocycles. The quantitative estimate of drug-likeness (QED) is 0.831. The summed E-state index contributed by atoms with van der Waals surface area (Å²) < 4.78 is 13.7. The van der Waals surface area contributed by atoms with Crippen LogP contribution in [0.25, 0.3) is 0 Å². The summed E-state index contributed by atoms with van der Waals surface area (Å²) in [6.45, 7) is 7.77. The van der Waals surface area contributed by atoms with E-state index in [1.807, 2.05) is 33.8 Å². The van der Waals surface area contributed by atoms with E-state index >= 15 is 0 Å². The van der Waals surface area contributed by atoms with E-state index in [2.05, 4.69) is 0 Å². The molecule has 0 saturated heterocycles. The van der Waals surface area contributed by atoms with Gasteiger partial charge in [0.05, 0.1) is 6.10 Å². The summed E-state index contributed by atoms with van der Waals surface area (Å²) in [7, 11) is 0. The molecule has 1 aromatic rings. The van der Waals surface area contributed by atoms with Crippen molar-refractivity contribution >= 4 is 0 Å². The second-order valence-electron chi connectivity index (χ2n) is 4.89. The van der Waals surface area contributed by atoms with Gasteiger partial charge in [0.1, 0.15) is 5.82 Å². The van der Waals surface area contributed by atoms with Gasteiger partial charge < -0.3 is 5.11 Å². The van der Waals surface area contributed by atoms with Crippen LogP contribution in [0.1, 0.15) is 37.0 Å². The van der Waals surface area contributed by atoms with E-state index in [0.29, 0.717) is 12.8 Å². The first-order valence-corrected chi connectivity index (χ1v) is 5.85. The average Bonchev–Trinajstić information content (AvgIpc) is 2.15. The molecular formula is C14H21FO. The van der Waals surface area contributed by atoms with Crippen LogP contribution in [0.3, 0.4) is 0 Å². The van der Waals surface area contributed by atoms with Crippen LogP contribution in [0.4, 0.5) is 4.39 Å². The van der Waals surface area contributed by atoms with Crippen LogP contribution in [-0.4, -0.2) is 11.2 Å². The van der Waals surface area contributed by atoms with E-state index in [0.717, 1.165) is 16.7 Å². The Morgan fingerprint density at radius 1 is 1.25 bits per heavy atom. The number of aliphatic hydroxyl groups excluding tert-OH is 1. The van der Waals surface area contributed by atoms with Gasteiger partial charge in [-0.3, -0.25) is 0 Å². The molecule has 0 fully saturated rings. The van der Waals surface area contributed by atoms with Gasteiger partial charge in [0.2, 0.25) is 0 Å². The Balaban J connectivity index is 2.74. The standard InChI is InChI=1S/C14H21FO/c1-9(2)14(16)6-5-12-11(4)7-10(3)8-13(12)15/h7-9,14,16H,5-6H2,1-4H3. The molecule has 0 aromatic heterocycles. The number of aryl methyl sites for hydroxylation is 2. The number of hydrogen-bond donors (Lipinski definition) is 1. The maximum absolute atomic E-state index is 13.7. The molecule has 2 heteroatoms. The molecule has 0 radical (unpaired) electrons. The van der Waals surface area contributed by atoms with Gasteiger partial charge in [-0.25, -0.2) is 4.39 Å². The van der Waals surface area contributed by atoms with Crippen LogP contribution < -0.4 is 0 Å². The van der Waals surface area contributed by atoms with Gasteiger partial charge in [-0.05, 0) is 55.4 Å². The number of aliphatic hydroxyl groups is 1. The highest BCUT2D eigenvalue weighted by atomic mass is 19.1. The molecule has 1 nitrogen and oxygen atoms in total. The fraction of sp³-hybridized carbons (Fsp3) is 0.571. The zero-order valence-corrected chi connectivity index (χ0v) is 10.5. The molecule has 0 heterocycles. The average molecular weight is 224 g/mol. The molecule has 0 spiro atoms. The fourth-order valence-electron chi connectivity index (χ4n) is 1.89. The van der Waals surface area contributed by atoms with Crippen LogP contribution in [0.5, 0.6) is 0 Å². The second kappa shape index (κ2) is 5.44. The molecule has 0 amide bonds. The summed E-state index contributed by atoms with van der Waals surface area (Å²) in [6.07, 6.45) is 0.885. The molecule has 1 N–H and O–H groups in total. The molecule has 1 unspecified atom stereocenters. The minimum absolute atomic E-state index is 0.145. The zero-order valence-electron chi connectivity index (χ0n) is 10.5. The summed E-state index contributed by atoms with van der Waals surface area (Å²) in [6, 6.07) is 3.55. The van der Waals surface area contributed by atoms with Gasteiger partial charge in [-0.15, -0.1) is 0 Å². The Morgan fingerprint density at radius 3 is 2.38 bits per heavy atom. The van der Waals surface area contributed by atoms with Crippen molar-refractivity contribution in [2.75, 3.05) is 0 Å². The molecule has 1 rings (SSSR count). The third-order valence-electron chi connectivity index (χ3n) is 3.02. The van der Waals surface area contributed by atoms with E-state index in [9.17, 15) is 9.50 Å². The van der Waals surface area contributed by atoms with Gasteiger partial charge in [-0.1, -0.05) is 19.9 Å². The number of hydrogen-bond acceptors (Lipinski definition) is 1. The van der Waals surface area contributed by atoms with E-state index in [-0.39, 0.29) is 17.8 Å². The Bertz CT molecular complexity index is 335. The molecule has 16 heavy (non-hydrogen) atoms. The summed E-state index contributed by atoms with van der Waals surface area (Å²) >= 11 is 0. The maximum Gasteiger partial charge on any atom is 0.126 e. The second-order valence-corrected chi connectivity index (χ2v) is 4.89. The first-order valence-electron chi connectivity index (χ1n) is 5.85. The highest BCUT2D eigenvalue weighted by Crippen LogP contribution is 2.19. The van der Waals surface area contributed by atoms with Crippen molar-refractivity contribution in [3.05, 3.63) is 34.6 Å². The number of halogens is 1. The Hall–Kier alpha value is -0.890. The van der Waals surface area contributed by atoms with E-state index in [1.54, 1.807) is 6.07 Å². The van der Waals surface area contributed by atoms with E-state index in [4.69, 9.17) is 0 Å². The highest BCUT2D eigenvalue weighted by molar-refractivity contribution is 5.32. The molecule has 0 aliphatic carbocycles. The molecule has 90 valence electrons. The maximum atomic E-state index is 13.7. The van der Waals surface area contributed by atoms with Gasteiger partial charge in [0.15, 0.2) is 0 Å². The van der Waals surface area contributed by atoms with Gasteiger partial charge >= 0.3 is 0 Å². The highest BCUT2D eigenvalue weighted by Gasteiger charge is 2.12. The minimum atomic E-state index is -0.347. The summed E-state index contributed by atoms with van der Waals surface area (Å²) in [4.78, 5) is 0. The Morgan fingerprint density at radius 2 is 1.88 bits per heavy atom. The van der Waals surface area contributed by atoms with Crippen LogP contribution in [0.2, 0.25) is 0 Å². The predicted octanol–water partition coefficient (Wildman–Crippen LogP) is 3.39. The van der Waals surface area contributed by atoms with Crippen LogP contribution >= 0.6 is 0 Å². The molecule has 0 aliphatic heterocycles. The molecular weight excluding hydrogens is 203 g/mol. The van der Waals surface area contributed by atoms with Crippen molar-refractivity contribution in [3.8, 4) is 0 Å². The lowest BCUT2D eigenvalue weighted by molar-refractivity contribution is 0.116. The van der Waals surface area contributed by atoms with E-state index < -0.39 is 0 Å². The Kier molecular flexibility index (Phi) is 4.48. The summed E-state index contributed by atoms with van der Waals surface area (Å²) in [5.74, 6) is 0.0854. The minimum Gasteiger partial charge on any atom is -0.393 e. The predicted molar refractivity (Wildman–Crippen MR) is 65.0 cm³/mol.